The highest BCUT2D eigenvalue weighted by atomic mass is 35.5. The monoisotopic (exact) mass is 400 g/mol. The van der Waals surface area contributed by atoms with Gasteiger partial charge < -0.3 is 10.6 Å². The van der Waals surface area contributed by atoms with Crippen molar-refractivity contribution in [2.45, 2.75) is 70.3 Å². The third kappa shape index (κ3) is 4.11. The van der Waals surface area contributed by atoms with Crippen molar-refractivity contribution in [3.63, 3.8) is 0 Å². The van der Waals surface area contributed by atoms with Crippen molar-refractivity contribution in [1.29, 1.82) is 0 Å². The van der Waals surface area contributed by atoms with Crippen molar-refractivity contribution in [3.8, 4) is 0 Å². The maximum atomic E-state index is 12.9. The van der Waals surface area contributed by atoms with E-state index >= 15 is 0 Å². The molecular formula is C24H33ClN2O. The standard InChI is InChI=1S/C24H33ClN2O/c25-22-6-3-16(2-1-7-26-20-4-5-20)11-21(22)23(28)27-15-24-12-17-8-18(13-24)10-19(9-17)14-24/h3,6,11,17-20,26H,1-2,4-5,7-10,12-15H2,(H,27,28). The van der Waals surface area contributed by atoms with E-state index in [-0.39, 0.29) is 5.91 Å². The van der Waals surface area contributed by atoms with E-state index in [0.29, 0.717) is 16.0 Å². The Morgan fingerprint density at radius 1 is 1.07 bits per heavy atom. The molecule has 4 bridgehead atoms. The van der Waals surface area contributed by atoms with Crippen LogP contribution in [0.1, 0.15) is 73.7 Å². The molecule has 4 heteroatoms. The zero-order valence-electron chi connectivity index (χ0n) is 16.8. The van der Waals surface area contributed by atoms with E-state index < -0.39 is 0 Å². The fourth-order valence-electron chi connectivity index (χ4n) is 6.66. The topological polar surface area (TPSA) is 41.1 Å². The van der Waals surface area contributed by atoms with Gasteiger partial charge in [-0.1, -0.05) is 17.7 Å². The number of carbonyl (C=O) groups is 1. The zero-order chi connectivity index (χ0) is 19.1. The molecule has 0 aliphatic heterocycles. The zero-order valence-corrected chi connectivity index (χ0v) is 17.6. The van der Waals surface area contributed by atoms with Gasteiger partial charge in [0, 0.05) is 12.6 Å². The Bertz CT molecular complexity index is 707. The molecule has 0 radical (unpaired) electrons. The Kier molecular flexibility index (Phi) is 5.17. The predicted octanol–water partition coefficient (Wildman–Crippen LogP) is 4.97. The number of amides is 1. The van der Waals surface area contributed by atoms with E-state index in [0.717, 1.165) is 49.7 Å². The van der Waals surface area contributed by atoms with Crippen LogP contribution in [0.5, 0.6) is 0 Å². The number of hydrogen-bond acceptors (Lipinski definition) is 2. The SMILES string of the molecule is O=C(NCC12CC3CC(CC(C3)C1)C2)c1cc(CCCNC2CC2)ccc1Cl. The lowest BCUT2D eigenvalue weighted by molar-refractivity contribution is -0.0503. The number of halogens is 1. The minimum absolute atomic E-state index is 0.0127. The first-order valence-corrected chi connectivity index (χ1v) is 11.8. The molecular weight excluding hydrogens is 368 g/mol. The van der Waals surface area contributed by atoms with Gasteiger partial charge in [-0.25, -0.2) is 0 Å². The van der Waals surface area contributed by atoms with Crippen LogP contribution in [0.4, 0.5) is 0 Å². The Labute approximate surface area is 174 Å². The van der Waals surface area contributed by atoms with Crippen LogP contribution in [-0.4, -0.2) is 25.0 Å². The molecule has 152 valence electrons. The maximum Gasteiger partial charge on any atom is 0.252 e. The highest BCUT2D eigenvalue weighted by molar-refractivity contribution is 6.33. The summed E-state index contributed by atoms with van der Waals surface area (Å²) < 4.78 is 0. The number of nitrogens with one attached hydrogen (secondary N) is 2. The van der Waals surface area contributed by atoms with Crippen molar-refractivity contribution >= 4 is 17.5 Å². The van der Waals surface area contributed by atoms with Crippen molar-refractivity contribution in [3.05, 3.63) is 34.3 Å². The van der Waals surface area contributed by atoms with Gasteiger partial charge in [-0.05, 0) is 112 Å². The first kappa shape index (κ1) is 18.9. The first-order valence-electron chi connectivity index (χ1n) is 11.4. The number of rotatable bonds is 8. The number of aryl methyl sites for hydroxylation is 1. The molecule has 5 fully saturated rings. The summed E-state index contributed by atoms with van der Waals surface area (Å²) in [6.45, 7) is 1.89. The summed E-state index contributed by atoms with van der Waals surface area (Å²) in [6.07, 6.45) is 13.0. The molecule has 1 aromatic rings. The molecule has 0 heterocycles. The second-order valence-electron chi connectivity index (χ2n) is 10.2. The quantitative estimate of drug-likeness (QED) is 0.605. The van der Waals surface area contributed by atoms with Gasteiger partial charge in [0.05, 0.1) is 10.6 Å². The second kappa shape index (κ2) is 7.65. The fourth-order valence-corrected chi connectivity index (χ4v) is 6.86. The number of hydrogen-bond donors (Lipinski definition) is 2. The van der Waals surface area contributed by atoms with Crippen molar-refractivity contribution in [2.24, 2.45) is 23.2 Å². The average molecular weight is 401 g/mol. The van der Waals surface area contributed by atoms with Crippen LogP contribution >= 0.6 is 11.6 Å². The van der Waals surface area contributed by atoms with Gasteiger partial charge in [0.1, 0.15) is 0 Å². The number of benzene rings is 1. The van der Waals surface area contributed by atoms with Crippen molar-refractivity contribution < 1.29 is 4.79 Å². The Balaban J connectivity index is 1.18. The summed E-state index contributed by atoms with van der Waals surface area (Å²) in [5.74, 6) is 2.76. The summed E-state index contributed by atoms with van der Waals surface area (Å²) in [4.78, 5) is 12.9. The lowest BCUT2D eigenvalue weighted by Crippen LogP contribution is -2.51. The van der Waals surface area contributed by atoms with Crippen LogP contribution in [0.3, 0.4) is 0 Å². The van der Waals surface area contributed by atoms with Crippen LogP contribution < -0.4 is 10.6 Å². The lowest BCUT2D eigenvalue weighted by Gasteiger charge is -2.56. The Morgan fingerprint density at radius 2 is 1.75 bits per heavy atom. The normalized spacial score (nSPS) is 33.2. The second-order valence-corrected chi connectivity index (χ2v) is 10.7. The molecule has 0 saturated heterocycles. The molecule has 0 atom stereocenters. The molecule has 0 unspecified atom stereocenters. The smallest absolute Gasteiger partial charge is 0.252 e. The van der Waals surface area contributed by atoms with Crippen LogP contribution in [0.2, 0.25) is 5.02 Å². The third-order valence-electron chi connectivity index (χ3n) is 7.72. The molecule has 3 nitrogen and oxygen atoms in total. The molecule has 0 spiro atoms. The van der Waals surface area contributed by atoms with Gasteiger partial charge in [-0.3, -0.25) is 4.79 Å². The van der Waals surface area contributed by atoms with Gasteiger partial charge >= 0.3 is 0 Å². The molecule has 6 rings (SSSR count). The first-order chi connectivity index (χ1) is 13.6. The van der Waals surface area contributed by atoms with E-state index in [2.05, 4.69) is 16.7 Å². The van der Waals surface area contributed by atoms with E-state index in [4.69, 9.17) is 11.6 Å². The largest absolute Gasteiger partial charge is 0.351 e. The molecule has 5 aliphatic carbocycles. The molecule has 1 aromatic carbocycles. The summed E-state index contributed by atoms with van der Waals surface area (Å²) >= 11 is 6.38. The summed E-state index contributed by atoms with van der Waals surface area (Å²) in [7, 11) is 0. The maximum absolute atomic E-state index is 12.9. The van der Waals surface area contributed by atoms with Crippen LogP contribution in [-0.2, 0) is 6.42 Å². The van der Waals surface area contributed by atoms with Gasteiger partial charge in [0.25, 0.3) is 5.91 Å². The van der Waals surface area contributed by atoms with E-state index in [1.165, 1.54) is 56.9 Å². The van der Waals surface area contributed by atoms with Crippen molar-refractivity contribution in [1.82, 2.24) is 10.6 Å². The highest BCUT2D eigenvalue weighted by Crippen LogP contribution is 2.59. The van der Waals surface area contributed by atoms with Crippen LogP contribution in [0, 0.1) is 23.2 Å². The van der Waals surface area contributed by atoms with E-state index in [9.17, 15) is 4.79 Å². The average Bonchev–Trinajstić information content (AvgIpc) is 3.48. The minimum atomic E-state index is 0.0127. The Morgan fingerprint density at radius 3 is 2.39 bits per heavy atom. The molecule has 2 N–H and O–H groups in total. The molecule has 5 aliphatic rings. The van der Waals surface area contributed by atoms with Gasteiger partial charge in [-0.15, -0.1) is 0 Å². The summed E-state index contributed by atoms with van der Waals surface area (Å²) in [6, 6.07) is 6.73. The third-order valence-corrected chi connectivity index (χ3v) is 8.05. The van der Waals surface area contributed by atoms with Gasteiger partial charge in [-0.2, -0.15) is 0 Å². The summed E-state index contributed by atoms with van der Waals surface area (Å²) in [5, 5.41) is 7.40. The van der Waals surface area contributed by atoms with E-state index in [1.807, 2.05) is 12.1 Å². The minimum Gasteiger partial charge on any atom is -0.351 e. The van der Waals surface area contributed by atoms with Gasteiger partial charge in [0.2, 0.25) is 0 Å². The van der Waals surface area contributed by atoms with Crippen LogP contribution in [0.25, 0.3) is 0 Å². The highest BCUT2D eigenvalue weighted by Gasteiger charge is 2.50. The molecule has 0 aromatic heterocycles. The summed E-state index contributed by atoms with van der Waals surface area (Å²) in [5.41, 5.74) is 2.23. The number of carbonyl (C=O) groups excluding carboxylic acids is 1. The predicted molar refractivity (Wildman–Crippen MR) is 114 cm³/mol. The van der Waals surface area contributed by atoms with Crippen LogP contribution in [0.15, 0.2) is 18.2 Å². The fraction of sp³-hybridized carbons (Fsp3) is 0.708. The lowest BCUT2D eigenvalue weighted by atomic mass is 9.49. The van der Waals surface area contributed by atoms with Crippen molar-refractivity contribution in [2.75, 3.05) is 13.1 Å². The molecule has 1 amide bonds. The Hall–Kier alpha value is -1.06. The molecule has 28 heavy (non-hydrogen) atoms. The molecule has 5 saturated carbocycles. The van der Waals surface area contributed by atoms with E-state index in [1.54, 1.807) is 0 Å². The van der Waals surface area contributed by atoms with Gasteiger partial charge in [0.15, 0.2) is 0 Å².